The molecule has 116 valence electrons. The summed E-state index contributed by atoms with van der Waals surface area (Å²) < 4.78 is 0. The molecule has 0 spiro atoms. The van der Waals surface area contributed by atoms with Crippen LogP contribution in [0.2, 0.25) is 0 Å². The molecule has 0 bridgehead atoms. The van der Waals surface area contributed by atoms with E-state index in [9.17, 15) is 0 Å². The third-order valence-electron chi connectivity index (χ3n) is 6.63. The van der Waals surface area contributed by atoms with E-state index in [4.69, 9.17) is 5.73 Å². The summed E-state index contributed by atoms with van der Waals surface area (Å²) in [7, 11) is 0. The van der Waals surface area contributed by atoms with Gasteiger partial charge in [0.1, 0.15) is 0 Å². The third-order valence-corrected chi connectivity index (χ3v) is 6.63. The third kappa shape index (κ3) is 2.92. The summed E-state index contributed by atoms with van der Waals surface area (Å²) in [6.07, 6.45) is 12.8. The number of nitrogens with two attached hydrogens (primary N) is 1. The minimum atomic E-state index is 0.352. The van der Waals surface area contributed by atoms with E-state index in [1.807, 2.05) is 0 Å². The van der Waals surface area contributed by atoms with Crippen LogP contribution in [0, 0.1) is 17.3 Å². The summed E-state index contributed by atoms with van der Waals surface area (Å²) in [5, 5.41) is 0. The molecule has 0 aromatic carbocycles. The number of hydrogen-bond acceptors (Lipinski definition) is 2. The molecule has 2 aliphatic carbocycles. The van der Waals surface area contributed by atoms with E-state index in [1.165, 1.54) is 70.9 Å². The Morgan fingerprint density at radius 1 is 1.00 bits per heavy atom. The van der Waals surface area contributed by atoms with Crippen LogP contribution in [0.5, 0.6) is 0 Å². The van der Waals surface area contributed by atoms with Gasteiger partial charge < -0.3 is 5.73 Å². The molecule has 2 nitrogen and oxygen atoms in total. The Morgan fingerprint density at radius 3 is 2.60 bits per heavy atom. The van der Waals surface area contributed by atoms with Gasteiger partial charge in [0.15, 0.2) is 0 Å². The van der Waals surface area contributed by atoms with Crippen LogP contribution >= 0.6 is 0 Å². The summed E-state index contributed by atoms with van der Waals surface area (Å²) in [5.74, 6) is 1.74. The Hall–Kier alpha value is -0.0800. The molecule has 0 amide bonds. The van der Waals surface area contributed by atoms with E-state index < -0.39 is 0 Å². The van der Waals surface area contributed by atoms with Gasteiger partial charge in [0.2, 0.25) is 0 Å². The molecule has 2 heteroatoms. The van der Waals surface area contributed by atoms with Gasteiger partial charge in [0, 0.05) is 18.6 Å². The van der Waals surface area contributed by atoms with Crippen LogP contribution in [0.25, 0.3) is 0 Å². The van der Waals surface area contributed by atoms with Crippen molar-refractivity contribution >= 4 is 0 Å². The molecule has 3 fully saturated rings. The van der Waals surface area contributed by atoms with Crippen molar-refractivity contribution in [2.45, 2.75) is 83.7 Å². The van der Waals surface area contributed by atoms with Crippen molar-refractivity contribution < 1.29 is 0 Å². The van der Waals surface area contributed by atoms with E-state index in [0.29, 0.717) is 11.5 Å². The molecular weight excluding hydrogens is 244 g/mol. The predicted octanol–water partition coefficient (Wildman–Crippen LogP) is 3.79. The van der Waals surface area contributed by atoms with Gasteiger partial charge in [-0.2, -0.15) is 0 Å². The summed E-state index contributed by atoms with van der Waals surface area (Å²) in [5.41, 5.74) is 6.97. The predicted molar refractivity (Wildman–Crippen MR) is 85.7 cm³/mol. The van der Waals surface area contributed by atoms with Crippen LogP contribution in [-0.4, -0.2) is 30.1 Å². The van der Waals surface area contributed by atoms with Gasteiger partial charge in [-0.1, -0.05) is 33.1 Å². The zero-order chi connectivity index (χ0) is 14.2. The fourth-order valence-corrected chi connectivity index (χ4v) is 5.26. The standard InChI is InChI=1S/C18H34N2/c1-18(2)11-5-8-15(17(18)19)13-20-12-6-9-14-7-3-4-10-16(14)20/h14-17H,3-13,19H2,1-2H3. The second kappa shape index (κ2) is 5.96. The van der Waals surface area contributed by atoms with Crippen molar-refractivity contribution in [1.29, 1.82) is 0 Å². The fraction of sp³-hybridized carbons (Fsp3) is 1.00. The topological polar surface area (TPSA) is 29.3 Å². The second-order valence-corrected chi connectivity index (χ2v) is 8.42. The first-order valence-electron chi connectivity index (χ1n) is 9.07. The second-order valence-electron chi connectivity index (χ2n) is 8.42. The number of nitrogens with zero attached hydrogens (tertiary/aromatic N) is 1. The lowest BCUT2D eigenvalue weighted by molar-refractivity contribution is 0.0242. The number of fused-ring (bicyclic) bond motifs is 1. The molecule has 3 aliphatic rings. The van der Waals surface area contributed by atoms with Gasteiger partial charge in [-0.05, 0) is 62.3 Å². The molecule has 0 aromatic rings. The van der Waals surface area contributed by atoms with Crippen molar-refractivity contribution in [1.82, 2.24) is 4.90 Å². The number of rotatable bonds is 2. The molecule has 2 N–H and O–H groups in total. The SMILES string of the molecule is CC1(C)CCCC(CN2CCCC3CCCCC32)C1N. The summed E-state index contributed by atoms with van der Waals surface area (Å²) >= 11 is 0. The zero-order valence-electron chi connectivity index (χ0n) is 13.6. The zero-order valence-corrected chi connectivity index (χ0v) is 13.6. The molecule has 1 aliphatic heterocycles. The molecule has 4 unspecified atom stereocenters. The minimum absolute atomic E-state index is 0.352. The van der Waals surface area contributed by atoms with Crippen molar-refractivity contribution in [3.63, 3.8) is 0 Å². The maximum absolute atomic E-state index is 6.62. The van der Waals surface area contributed by atoms with Gasteiger partial charge in [-0.15, -0.1) is 0 Å². The fourth-order valence-electron chi connectivity index (χ4n) is 5.26. The van der Waals surface area contributed by atoms with Crippen molar-refractivity contribution in [2.24, 2.45) is 23.0 Å². The van der Waals surface area contributed by atoms with E-state index in [1.54, 1.807) is 0 Å². The molecular formula is C18H34N2. The highest BCUT2D eigenvalue weighted by molar-refractivity contribution is 4.95. The molecule has 2 saturated carbocycles. The lowest BCUT2D eigenvalue weighted by Gasteiger charge is -2.48. The van der Waals surface area contributed by atoms with Crippen molar-refractivity contribution in [3.05, 3.63) is 0 Å². The van der Waals surface area contributed by atoms with Crippen LogP contribution in [0.15, 0.2) is 0 Å². The monoisotopic (exact) mass is 278 g/mol. The largest absolute Gasteiger partial charge is 0.327 e. The van der Waals surface area contributed by atoms with Gasteiger partial charge in [-0.3, -0.25) is 4.90 Å². The van der Waals surface area contributed by atoms with Gasteiger partial charge in [0.05, 0.1) is 0 Å². The van der Waals surface area contributed by atoms with Crippen LogP contribution in [-0.2, 0) is 0 Å². The average Bonchev–Trinajstić information content (AvgIpc) is 2.44. The highest BCUT2D eigenvalue weighted by Crippen LogP contribution is 2.40. The maximum atomic E-state index is 6.62. The van der Waals surface area contributed by atoms with Crippen LogP contribution in [0.4, 0.5) is 0 Å². The first-order chi connectivity index (χ1) is 9.58. The van der Waals surface area contributed by atoms with Gasteiger partial charge in [-0.25, -0.2) is 0 Å². The highest BCUT2D eigenvalue weighted by Gasteiger charge is 2.40. The normalized spacial score (nSPS) is 42.1. The minimum Gasteiger partial charge on any atom is -0.327 e. The average molecular weight is 278 g/mol. The summed E-state index contributed by atoms with van der Waals surface area (Å²) in [6.45, 7) is 7.38. The quantitative estimate of drug-likeness (QED) is 0.832. The van der Waals surface area contributed by atoms with E-state index in [2.05, 4.69) is 18.7 Å². The maximum Gasteiger partial charge on any atom is 0.0131 e. The molecule has 1 heterocycles. The number of likely N-dealkylation sites (tertiary alicyclic amines) is 1. The molecule has 3 rings (SSSR count). The number of hydrogen-bond donors (Lipinski definition) is 1. The summed E-state index contributed by atoms with van der Waals surface area (Å²) in [6, 6.07) is 1.30. The molecule has 20 heavy (non-hydrogen) atoms. The lowest BCUT2D eigenvalue weighted by Crippen LogP contribution is -2.54. The van der Waals surface area contributed by atoms with E-state index >= 15 is 0 Å². The first kappa shape index (κ1) is 14.8. The Morgan fingerprint density at radius 2 is 1.75 bits per heavy atom. The molecule has 0 radical (unpaired) electrons. The first-order valence-corrected chi connectivity index (χ1v) is 9.07. The van der Waals surface area contributed by atoms with Crippen molar-refractivity contribution in [3.8, 4) is 0 Å². The molecule has 4 atom stereocenters. The van der Waals surface area contributed by atoms with Crippen LogP contribution in [0.3, 0.4) is 0 Å². The van der Waals surface area contributed by atoms with Crippen molar-refractivity contribution in [2.75, 3.05) is 13.1 Å². The Labute approximate surface area is 125 Å². The Kier molecular flexibility index (Phi) is 4.42. The van der Waals surface area contributed by atoms with E-state index in [-0.39, 0.29) is 0 Å². The van der Waals surface area contributed by atoms with E-state index in [0.717, 1.165) is 17.9 Å². The van der Waals surface area contributed by atoms with Gasteiger partial charge in [0.25, 0.3) is 0 Å². The summed E-state index contributed by atoms with van der Waals surface area (Å²) in [4.78, 5) is 2.85. The van der Waals surface area contributed by atoms with Crippen LogP contribution in [0.1, 0.15) is 71.6 Å². The van der Waals surface area contributed by atoms with Gasteiger partial charge >= 0.3 is 0 Å². The Balaban J connectivity index is 1.64. The lowest BCUT2D eigenvalue weighted by atomic mass is 9.68. The molecule has 0 aromatic heterocycles. The number of piperidine rings is 1. The highest BCUT2D eigenvalue weighted by atomic mass is 15.2. The van der Waals surface area contributed by atoms with Crippen LogP contribution < -0.4 is 5.73 Å². The Bertz CT molecular complexity index is 323. The molecule has 1 saturated heterocycles. The smallest absolute Gasteiger partial charge is 0.0131 e.